The van der Waals surface area contributed by atoms with Crippen LogP contribution in [0.15, 0.2) is 0 Å². The van der Waals surface area contributed by atoms with E-state index in [2.05, 4.69) is 5.32 Å². The Bertz CT molecular complexity index is 281. The van der Waals surface area contributed by atoms with Gasteiger partial charge < -0.3 is 15.0 Å². The van der Waals surface area contributed by atoms with Crippen LogP contribution < -0.4 is 5.32 Å². The van der Waals surface area contributed by atoms with Crippen molar-refractivity contribution in [2.45, 2.75) is 45.2 Å². The largest absolute Gasteiger partial charge is 0.383 e. The van der Waals surface area contributed by atoms with Crippen LogP contribution >= 0.6 is 0 Å². The van der Waals surface area contributed by atoms with Crippen molar-refractivity contribution in [2.75, 3.05) is 20.3 Å². The van der Waals surface area contributed by atoms with Crippen LogP contribution in [0.25, 0.3) is 0 Å². The lowest BCUT2D eigenvalue weighted by Crippen LogP contribution is -2.63. The van der Waals surface area contributed by atoms with Crippen molar-refractivity contribution in [1.82, 2.24) is 10.2 Å². The molecule has 0 bridgehead atoms. The monoisotopic (exact) mass is 242 g/mol. The van der Waals surface area contributed by atoms with E-state index in [4.69, 9.17) is 4.74 Å². The Morgan fingerprint density at radius 3 is 2.59 bits per heavy atom. The number of piperazine rings is 1. The van der Waals surface area contributed by atoms with Crippen molar-refractivity contribution in [3.63, 3.8) is 0 Å². The van der Waals surface area contributed by atoms with Gasteiger partial charge in [0.2, 0.25) is 11.8 Å². The van der Waals surface area contributed by atoms with E-state index in [0.717, 1.165) is 6.42 Å². The van der Waals surface area contributed by atoms with Gasteiger partial charge >= 0.3 is 0 Å². The lowest BCUT2D eigenvalue weighted by molar-refractivity contribution is -0.150. The van der Waals surface area contributed by atoms with Gasteiger partial charge in [-0.3, -0.25) is 9.59 Å². The molecule has 98 valence electrons. The average molecular weight is 242 g/mol. The standard InChI is InChI=1S/C12H22N2O3/c1-4-6-10-11(15)13-9(5-2)12(16)14(10)7-8-17-3/h9-10H,4-8H2,1-3H3,(H,13,15). The summed E-state index contributed by atoms with van der Waals surface area (Å²) in [7, 11) is 1.60. The molecule has 0 spiro atoms. The number of nitrogens with zero attached hydrogens (tertiary/aromatic N) is 1. The van der Waals surface area contributed by atoms with Crippen LogP contribution in [0.5, 0.6) is 0 Å². The molecule has 0 radical (unpaired) electrons. The van der Waals surface area contributed by atoms with E-state index in [0.29, 0.717) is 26.0 Å². The highest BCUT2D eigenvalue weighted by atomic mass is 16.5. The van der Waals surface area contributed by atoms with E-state index in [1.165, 1.54) is 0 Å². The second kappa shape index (κ2) is 6.59. The molecule has 2 atom stereocenters. The molecule has 0 aromatic heterocycles. The number of carbonyl (C=O) groups is 2. The number of ether oxygens (including phenoxy) is 1. The summed E-state index contributed by atoms with van der Waals surface area (Å²) in [6.45, 7) is 4.87. The first-order chi connectivity index (χ1) is 8.15. The first kappa shape index (κ1) is 14.0. The Kier molecular flexibility index (Phi) is 5.41. The number of nitrogens with one attached hydrogen (secondary N) is 1. The summed E-state index contributed by atoms with van der Waals surface area (Å²) in [5.41, 5.74) is 0. The molecule has 1 fully saturated rings. The lowest BCUT2D eigenvalue weighted by atomic mass is 10.0. The maximum atomic E-state index is 12.1. The molecule has 0 aliphatic carbocycles. The third-order valence-electron chi connectivity index (χ3n) is 3.08. The van der Waals surface area contributed by atoms with Crippen molar-refractivity contribution < 1.29 is 14.3 Å². The fraction of sp³-hybridized carbons (Fsp3) is 0.833. The fourth-order valence-corrected chi connectivity index (χ4v) is 2.12. The zero-order valence-corrected chi connectivity index (χ0v) is 10.9. The minimum absolute atomic E-state index is 0.0163. The number of methoxy groups -OCH3 is 1. The average Bonchev–Trinajstić information content (AvgIpc) is 2.33. The number of hydrogen-bond acceptors (Lipinski definition) is 3. The quantitative estimate of drug-likeness (QED) is 0.739. The van der Waals surface area contributed by atoms with Crippen molar-refractivity contribution in [2.24, 2.45) is 0 Å². The predicted molar refractivity (Wildman–Crippen MR) is 64.5 cm³/mol. The van der Waals surface area contributed by atoms with Gasteiger partial charge in [-0.1, -0.05) is 20.3 Å². The number of rotatable bonds is 6. The summed E-state index contributed by atoms with van der Waals surface area (Å²) in [5.74, 6) is -0.0167. The zero-order valence-electron chi connectivity index (χ0n) is 10.9. The lowest BCUT2D eigenvalue weighted by Gasteiger charge is -2.38. The minimum Gasteiger partial charge on any atom is -0.383 e. The third kappa shape index (κ3) is 3.19. The molecule has 0 aromatic rings. The molecule has 1 N–H and O–H groups in total. The Morgan fingerprint density at radius 2 is 2.06 bits per heavy atom. The molecule has 1 rings (SSSR count). The van der Waals surface area contributed by atoms with Gasteiger partial charge in [-0.25, -0.2) is 0 Å². The molecular weight excluding hydrogens is 220 g/mol. The smallest absolute Gasteiger partial charge is 0.245 e. The normalized spacial score (nSPS) is 25.0. The molecular formula is C12H22N2O3. The van der Waals surface area contributed by atoms with Crippen LogP contribution in [0, 0.1) is 0 Å². The second-order valence-corrected chi connectivity index (χ2v) is 4.30. The van der Waals surface area contributed by atoms with E-state index >= 15 is 0 Å². The van der Waals surface area contributed by atoms with Gasteiger partial charge in [0.15, 0.2) is 0 Å². The van der Waals surface area contributed by atoms with E-state index in [9.17, 15) is 9.59 Å². The molecule has 0 saturated carbocycles. The predicted octanol–water partition coefficient (Wildman–Crippen LogP) is 0.539. The third-order valence-corrected chi connectivity index (χ3v) is 3.08. The van der Waals surface area contributed by atoms with Crippen LogP contribution in [0.3, 0.4) is 0 Å². The number of amides is 2. The molecule has 1 saturated heterocycles. The first-order valence-corrected chi connectivity index (χ1v) is 6.25. The van der Waals surface area contributed by atoms with Crippen LogP contribution in [-0.4, -0.2) is 49.1 Å². The van der Waals surface area contributed by atoms with E-state index < -0.39 is 0 Å². The van der Waals surface area contributed by atoms with Crippen molar-refractivity contribution in [1.29, 1.82) is 0 Å². The molecule has 1 aliphatic heterocycles. The number of carbonyl (C=O) groups excluding carboxylic acids is 2. The topological polar surface area (TPSA) is 58.6 Å². The van der Waals surface area contributed by atoms with Crippen LogP contribution in [0.2, 0.25) is 0 Å². The maximum absolute atomic E-state index is 12.1. The number of hydrogen-bond donors (Lipinski definition) is 1. The van der Waals surface area contributed by atoms with Gasteiger partial charge in [-0.05, 0) is 12.8 Å². The fourth-order valence-electron chi connectivity index (χ4n) is 2.12. The molecule has 2 unspecified atom stereocenters. The summed E-state index contributed by atoms with van der Waals surface area (Å²) in [4.78, 5) is 25.7. The summed E-state index contributed by atoms with van der Waals surface area (Å²) in [6, 6.07) is -0.696. The molecule has 2 amide bonds. The summed E-state index contributed by atoms with van der Waals surface area (Å²) >= 11 is 0. The van der Waals surface area contributed by atoms with Crippen molar-refractivity contribution in [3.8, 4) is 0 Å². The van der Waals surface area contributed by atoms with Gasteiger partial charge in [0.05, 0.1) is 6.61 Å². The summed E-state index contributed by atoms with van der Waals surface area (Å²) < 4.78 is 5.00. The summed E-state index contributed by atoms with van der Waals surface area (Å²) in [5, 5.41) is 2.79. The molecule has 1 heterocycles. The Morgan fingerprint density at radius 1 is 1.35 bits per heavy atom. The highest BCUT2D eigenvalue weighted by Gasteiger charge is 2.38. The van der Waals surface area contributed by atoms with Gasteiger partial charge in [-0.15, -0.1) is 0 Å². The summed E-state index contributed by atoms with van der Waals surface area (Å²) in [6.07, 6.45) is 2.22. The molecule has 0 aromatic carbocycles. The van der Waals surface area contributed by atoms with Gasteiger partial charge in [-0.2, -0.15) is 0 Å². The maximum Gasteiger partial charge on any atom is 0.245 e. The van der Waals surface area contributed by atoms with Crippen LogP contribution in [-0.2, 0) is 14.3 Å². The Hall–Kier alpha value is -1.10. The second-order valence-electron chi connectivity index (χ2n) is 4.30. The minimum atomic E-state index is -0.368. The van der Waals surface area contributed by atoms with Crippen LogP contribution in [0.4, 0.5) is 0 Å². The van der Waals surface area contributed by atoms with Gasteiger partial charge in [0.25, 0.3) is 0 Å². The van der Waals surface area contributed by atoms with Gasteiger partial charge in [0, 0.05) is 13.7 Å². The van der Waals surface area contributed by atoms with Crippen molar-refractivity contribution >= 4 is 11.8 Å². The molecule has 1 aliphatic rings. The SMILES string of the molecule is CCCC1C(=O)NC(CC)C(=O)N1CCOC. The Balaban J connectivity index is 2.79. The van der Waals surface area contributed by atoms with E-state index in [1.807, 2.05) is 13.8 Å². The van der Waals surface area contributed by atoms with Gasteiger partial charge in [0.1, 0.15) is 12.1 Å². The molecule has 17 heavy (non-hydrogen) atoms. The first-order valence-electron chi connectivity index (χ1n) is 6.25. The zero-order chi connectivity index (χ0) is 12.8. The van der Waals surface area contributed by atoms with Crippen LogP contribution in [0.1, 0.15) is 33.1 Å². The Labute approximate surface area is 102 Å². The highest BCUT2D eigenvalue weighted by molar-refractivity contribution is 5.96. The molecule has 5 nitrogen and oxygen atoms in total. The highest BCUT2D eigenvalue weighted by Crippen LogP contribution is 2.15. The van der Waals surface area contributed by atoms with Crippen molar-refractivity contribution in [3.05, 3.63) is 0 Å². The van der Waals surface area contributed by atoms with E-state index in [-0.39, 0.29) is 23.9 Å². The molecule has 5 heteroatoms. The van der Waals surface area contributed by atoms with E-state index in [1.54, 1.807) is 12.0 Å².